The Morgan fingerprint density at radius 3 is 2.47 bits per heavy atom. The van der Waals surface area contributed by atoms with E-state index in [1.807, 2.05) is 30.5 Å². The maximum Gasteiger partial charge on any atom is 0.287 e. The van der Waals surface area contributed by atoms with Crippen LogP contribution in [0.1, 0.15) is 28.1 Å². The van der Waals surface area contributed by atoms with Crippen molar-refractivity contribution in [1.82, 2.24) is 14.4 Å². The fourth-order valence-corrected chi connectivity index (χ4v) is 3.62. The van der Waals surface area contributed by atoms with Crippen LogP contribution in [-0.2, 0) is 6.54 Å². The largest absolute Gasteiger partial charge is 0.378 e. The van der Waals surface area contributed by atoms with E-state index in [1.54, 1.807) is 6.07 Å². The summed E-state index contributed by atoms with van der Waals surface area (Å²) in [7, 11) is 0. The molecule has 0 aliphatic rings. The topological polar surface area (TPSA) is 85.4 Å². The van der Waals surface area contributed by atoms with Crippen molar-refractivity contribution >= 4 is 17.0 Å². The van der Waals surface area contributed by atoms with Crippen LogP contribution in [0.4, 0.5) is 11.4 Å². The van der Waals surface area contributed by atoms with Gasteiger partial charge in [0.25, 0.3) is 5.69 Å². The molecule has 30 heavy (non-hydrogen) atoms. The smallest absolute Gasteiger partial charge is 0.287 e. The second-order valence-electron chi connectivity index (χ2n) is 7.50. The first-order chi connectivity index (χ1) is 14.3. The molecule has 0 bridgehead atoms. The van der Waals surface area contributed by atoms with Gasteiger partial charge in [-0.15, -0.1) is 0 Å². The standard InChI is InChI=1S/C23H23N5O2/c1-14-6-5-7-15(2)20(14)12-25-22-10-18(13-27-17(4)16(3)26-23(22)27)21-9-8-19(11-24-21)28(29)30/h5-11,13,25H,12H2,1-4H3. The van der Waals surface area contributed by atoms with Crippen LogP contribution in [0, 0.1) is 37.8 Å². The summed E-state index contributed by atoms with van der Waals surface area (Å²) in [4.78, 5) is 19.5. The van der Waals surface area contributed by atoms with Crippen LogP contribution in [0.25, 0.3) is 16.9 Å². The second-order valence-corrected chi connectivity index (χ2v) is 7.50. The molecule has 7 nitrogen and oxygen atoms in total. The monoisotopic (exact) mass is 401 g/mol. The summed E-state index contributed by atoms with van der Waals surface area (Å²) >= 11 is 0. The number of nitro groups is 1. The Kier molecular flexibility index (Phi) is 4.95. The van der Waals surface area contributed by atoms with Gasteiger partial charge in [-0.2, -0.15) is 0 Å². The number of aromatic nitrogens is 3. The minimum absolute atomic E-state index is 0.0251. The lowest BCUT2D eigenvalue weighted by molar-refractivity contribution is -0.385. The van der Waals surface area contributed by atoms with Crippen LogP contribution < -0.4 is 5.32 Å². The van der Waals surface area contributed by atoms with Crippen molar-refractivity contribution in [3.8, 4) is 11.3 Å². The number of imidazole rings is 1. The number of anilines is 1. The van der Waals surface area contributed by atoms with Gasteiger partial charge in [-0.25, -0.2) is 9.97 Å². The molecule has 0 atom stereocenters. The normalized spacial score (nSPS) is 11.1. The third-order valence-corrected chi connectivity index (χ3v) is 5.55. The Balaban J connectivity index is 1.78. The Hall–Kier alpha value is -3.74. The average molecular weight is 401 g/mol. The van der Waals surface area contributed by atoms with Crippen LogP contribution in [-0.4, -0.2) is 19.3 Å². The number of hydrogen-bond donors (Lipinski definition) is 1. The summed E-state index contributed by atoms with van der Waals surface area (Å²) in [6.07, 6.45) is 3.26. The van der Waals surface area contributed by atoms with E-state index in [-0.39, 0.29) is 5.69 Å². The van der Waals surface area contributed by atoms with E-state index in [4.69, 9.17) is 4.98 Å². The third-order valence-electron chi connectivity index (χ3n) is 5.55. The molecular formula is C23H23N5O2. The molecule has 1 N–H and O–H groups in total. The summed E-state index contributed by atoms with van der Waals surface area (Å²) in [5, 5.41) is 14.5. The van der Waals surface area contributed by atoms with Crippen LogP contribution in [0.3, 0.4) is 0 Å². The van der Waals surface area contributed by atoms with Gasteiger partial charge in [0.1, 0.15) is 6.20 Å². The highest BCUT2D eigenvalue weighted by Gasteiger charge is 2.14. The number of nitrogens with one attached hydrogen (secondary N) is 1. The lowest BCUT2D eigenvalue weighted by Crippen LogP contribution is -2.05. The Labute approximate surface area is 174 Å². The molecule has 0 fully saturated rings. The zero-order valence-electron chi connectivity index (χ0n) is 17.4. The number of aryl methyl sites for hydroxylation is 4. The summed E-state index contributed by atoms with van der Waals surface area (Å²) in [5.74, 6) is 0. The molecule has 4 rings (SSSR count). The molecule has 3 aromatic heterocycles. The lowest BCUT2D eigenvalue weighted by Gasteiger charge is -2.14. The van der Waals surface area contributed by atoms with E-state index in [9.17, 15) is 10.1 Å². The maximum absolute atomic E-state index is 10.9. The van der Waals surface area contributed by atoms with E-state index >= 15 is 0 Å². The fourth-order valence-electron chi connectivity index (χ4n) is 3.62. The number of fused-ring (bicyclic) bond motifs is 1. The first-order valence-electron chi connectivity index (χ1n) is 9.74. The molecule has 0 saturated heterocycles. The van der Waals surface area contributed by atoms with Crippen molar-refractivity contribution in [2.75, 3.05) is 5.32 Å². The van der Waals surface area contributed by atoms with Gasteiger partial charge in [0.2, 0.25) is 0 Å². The maximum atomic E-state index is 10.9. The summed E-state index contributed by atoms with van der Waals surface area (Å²) in [6.45, 7) is 8.91. The minimum atomic E-state index is -0.444. The highest BCUT2D eigenvalue weighted by Crippen LogP contribution is 2.28. The highest BCUT2D eigenvalue weighted by molar-refractivity contribution is 5.76. The number of nitrogens with zero attached hydrogens (tertiary/aromatic N) is 4. The van der Waals surface area contributed by atoms with Crippen molar-refractivity contribution in [1.29, 1.82) is 0 Å². The summed E-state index contributed by atoms with van der Waals surface area (Å²) in [5.41, 5.74) is 8.99. The molecule has 0 aliphatic carbocycles. The van der Waals surface area contributed by atoms with Gasteiger partial charge >= 0.3 is 0 Å². The second kappa shape index (κ2) is 7.59. The van der Waals surface area contributed by atoms with E-state index in [0.717, 1.165) is 28.3 Å². The first-order valence-corrected chi connectivity index (χ1v) is 9.74. The summed E-state index contributed by atoms with van der Waals surface area (Å²) < 4.78 is 2.04. The first kappa shape index (κ1) is 19.6. The van der Waals surface area contributed by atoms with Gasteiger partial charge < -0.3 is 9.72 Å². The van der Waals surface area contributed by atoms with E-state index in [2.05, 4.69) is 42.3 Å². The predicted octanol–water partition coefficient (Wildman–Crippen LogP) is 5.15. The number of pyridine rings is 2. The zero-order chi connectivity index (χ0) is 21.4. The fraction of sp³-hybridized carbons (Fsp3) is 0.217. The van der Waals surface area contributed by atoms with Crippen molar-refractivity contribution < 1.29 is 4.92 Å². The molecule has 3 heterocycles. The number of hydrogen-bond acceptors (Lipinski definition) is 5. The molecule has 0 saturated carbocycles. The predicted molar refractivity (Wildman–Crippen MR) is 118 cm³/mol. The number of benzene rings is 1. The Bertz CT molecular complexity index is 1240. The molecule has 0 spiro atoms. The van der Waals surface area contributed by atoms with Crippen LogP contribution in [0.15, 0.2) is 48.8 Å². The van der Waals surface area contributed by atoms with E-state index < -0.39 is 4.92 Å². The van der Waals surface area contributed by atoms with Crippen LogP contribution in [0.5, 0.6) is 0 Å². The molecule has 4 aromatic rings. The van der Waals surface area contributed by atoms with Gasteiger partial charge in [0.15, 0.2) is 5.65 Å². The Morgan fingerprint density at radius 2 is 1.83 bits per heavy atom. The Morgan fingerprint density at radius 1 is 1.10 bits per heavy atom. The third kappa shape index (κ3) is 3.50. The SMILES string of the molecule is Cc1cccc(C)c1CNc1cc(-c2ccc([N+](=O)[O-])cn2)cn2c(C)c(C)nc12. The molecule has 1 aromatic carbocycles. The average Bonchev–Trinajstić information content (AvgIpc) is 3.02. The molecule has 0 amide bonds. The van der Waals surface area contributed by atoms with E-state index in [0.29, 0.717) is 12.2 Å². The zero-order valence-corrected chi connectivity index (χ0v) is 17.4. The quantitative estimate of drug-likeness (QED) is 0.369. The molecular weight excluding hydrogens is 378 g/mol. The summed E-state index contributed by atoms with van der Waals surface area (Å²) in [6, 6.07) is 11.4. The van der Waals surface area contributed by atoms with E-state index in [1.165, 1.54) is 29.0 Å². The van der Waals surface area contributed by atoms with Gasteiger partial charge in [-0.3, -0.25) is 10.1 Å². The molecule has 7 heteroatoms. The molecule has 152 valence electrons. The van der Waals surface area contributed by atoms with Crippen LogP contribution in [0.2, 0.25) is 0 Å². The minimum Gasteiger partial charge on any atom is -0.378 e. The van der Waals surface area contributed by atoms with Crippen molar-refractivity contribution in [2.24, 2.45) is 0 Å². The molecule has 0 aliphatic heterocycles. The van der Waals surface area contributed by atoms with Gasteiger partial charge in [-0.1, -0.05) is 18.2 Å². The molecule has 0 radical (unpaired) electrons. The van der Waals surface area contributed by atoms with Crippen molar-refractivity contribution in [2.45, 2.75) is 34.2 Å². The highest BCUT2D eigenvalue weighted by atomic mass is 16.6. The number of rotatable bonds is 5. The van der Waals surface area contributed by atoms with Crippen LogP contribution >= 0.6 is 0 Å². The van der Waals surface area contributed by atoms with Crippen molar-refractivity contribution in [3.05, 3.63) is 87.0 Å². The lowest BCUT2D eigenvalue weighted by atomic mass is 10.0. The molecule has 0 unspecified atom stereocenters. The van der Waals surface area contributed by atoms with Crippen molar-refractivity contribution in [3.63, 3.8) is 0 Å². The van der Waals surface area contributed by atoms with Gasteiger partial charge in [-0.05, 0) is 56.5 Å². The van der Waals surface area contributed by atoms with Gasteiger partial charge in [0.05, 0.1) is 22.0 Å². The van der Waals surface area contributed by atoms with Gasteiger partial charge in [0, 0.05) is 30.1 Å².